The van der Waals surface area contributed by atoms with Gasteiger partial charge in [0.15, 0.2) is 6.61 Å². The Labute approximate surface area is 188 Å². The minimum absolute atomic E-state index is 0.0264. The number of hydrogen-bond acceptors (Lipinski definition) is 5. The van der Waals surface area contributed by atoms with Gasteiger partial charge in [-0.2, -0.15) is 0 Å². The normalized spacial score (nSPS) is 12.5. The summed E-state index contributed by atoms with van der Waals surface area (Å²) in [6.45, 7) is -0.424. The average molecular weight is 446 g/mol. The number of carbonyl (C=O) groups is 4. The van der Waals surface area contributed by atoms with E-state index in [1.807, 2.05) is 30.3 Å². The molecule has 0 fully saturated rings. The molecule has 0 atom stereocenters. The molecular weight excluding hydrogens is 427 g/mol. The second kappa shape index (κ2) is 9.44. The van der Waals surface area contributed by atoms with Crippen molar-refractivity contribution in [1.82, 2.24) is 4.90 Å². The summed E-state index contributed by atoms with van der Waals surface area (Å²) in [5, 5.41) is 2.31. The second-order valence-corrected chi connectivity index (χ2v) is 7.36. The van der Waals surface area contributed by atoms with Crippen molar-refractivity contribution in [3.63, 3.8) is 0 Å². The van der Waals surface area contributed by atoms with E-state index in [0.29, 0.717) is 6.42 Å². The molecule has 0 unspecified atom stereocenters. The number of amides is 3. The molecule has 33 heavy (non-hydrogen) atoms. The van der Waals surface area contributed by atoms with Crippen LogP contribution in [0.2, 0.25) is 0 Å². The van der Waals surface area contributed by atoms with Gasteiger partial charge in [0.25, 0.3) is 17.7 Å². The van der Waals surface area contributed by atoms with Crippen LogP contribution >= 0.6 is 0 Å². The molecule has 3 aromatic rings. The second-order valence-electron chi connectivity index (χ2n) is 7.36. The average Bonchev–Trinajstić information content (AvgIpc) is 3.07. The van der Waals surface area contributed by atoms with E-state index in [0.717, 1.165) is 10.5 Å². The van der Waals surface area contributed by atoms with Crippen LogP contribution in [0.1, 0.15) is 36.6 Å². The summed E-state index contributed by atoms with van der Waals surface area (Å²) in [5.74, 6) is -3.08. The molecule has 0 bridgehead atoms. The molecule has 1 heterocycles. The lowest BCUT2D eigenvalue weighted by atomic mass is 10.1. The van der Waals surface area contributed by atoms with Crippen molar-refractivity contribution in [1.29, 1.82) is 0 Å². The van der Waals surface area contributed by atoms with Crippen LogP contribution in [0.25, 0.3) is 0 Å². The SMILES string of the molecule is O=C(COC(=O)c1ccc2c(c1)C(=O)N(CCc1ccccc1)C2=O)Nc1ccccc1F. The van der Waals surface area contributed by atoms with E-state index in [9.17, 15) is 23.6 Å². The van der Waals surface area contributed by atoms with Gasteiger partial charge in [-0.3, -0.25) is 19.3 Å². The fourth-order valence-corrected chi connectivity index (χ4v) is 3.47. The van der Waals surface area contributed by atoms with Crippen molar-refractivity contribution < 1.29 is 28.3 Å². The topological polar surface area (TPSA) is 92.8 Å². The lowest BCUT2D eigenvalue weighted by Gasteiger charge is -2.13. The lowest BCUT2D eigenvalue weighted by Crippen LogP contribution is -2.31. The van der Waals surface area contributed by atoms with Gasteiger partial charge in [-0.25, -0.2) is 9.18 Å². The van der Waals surface area contributed by atoms with Crippen molar-refractivity contribution in [2.24, 2.45) is 0 Å². The summed E-state index contributed by atoms with van der Waals surface area (Å²) in [7, 11) is 0. The van der Waals surface area contributed by atoms with Gasteiger partial charge in [0, 0.05) is 6.54 Å². The number of halogens is 1. The zero-order valence-electron chi connectivity index (χ0n) is 17.4. The van der Waals surface area contributed by atoms with E-state index in [1.54, 1.807) is 6.07 Å². The first-order valence-corrected chi connectivity index (χ1v) is 10.2. The van der Waals surface area contributed by atoms with Gasteiger partial charge < -0.3 is 10.1 Å². The van der Waals surface area contributed by atoms with Crippen LogP contribution in [0, 0.1) is 5.82 Å². The quantitative estimate of drug-likeness (QED) is 0.443. The number of ether oxygens (including phenoxy) is 1. The molecule has 0 aromatic heterocycles. The molecule has 0 aliphatic carbocycles. The van der Waals surface area contributed by atoms with E-state index in [1.165, 1.54) is 36.4 Å². The van der Waals surface area contributed by atoms with Gasteiger partial charge in [0.2, 0.25) is 0 Å². The van der Waals surface area contributed by atoms with Crippen LogP contribution in [0.5, 0.6) is 0 Å². The number of nitrogens with one attached hydrogen (secondary N) is 1. The maximum Gasteiger partial charge on any atom is 0.338 e. The molecule has 0 spiro atoms. The summed E-state index contributed by atoms with van der Waals surface area (Å²) in [6, 6.07) is 19.1. The lowest BCUT2D eigenvalue weighted by molar-refractivity contribution is -0.119. The first-order chi connectivity index (χ1) is 15.9. The van der Waals surface area contributed by atoms with Crippen LogP contribution in [0.3, 0.4) is 0 Å². The molecule has 0 saturated heterocycles. The van der Waals surface area contributed by atoms with Crippen molar-refractivity contribution >= 4 is 29.4 Å². The number of para-hydroxylation sites is 1. The van der Waals surface area contributed by atoms with E-state index in [2.05, 4.69) is 5.32 Å². The van der Waals surface area contributed by atoms with Crippen LogP contribution in [0.4, 0.5) is 10.1 Å². The molecule has 4 rings (SSSR count). The number of hydrogen-bond donors (Lipinski definition) is 1. The van der Waals surface area contributed by atoms with E-state index in [4.69, 9.17) is 4.74 Å². The standard InChI is InChI=1S/C25H19FN2O5/c26-20-8-4-5-9-21(20)27-22(29)15-33-25(32)17-10-11-18-19(14-17)24(31)28(23(18)30)13-12-16-6-2-1-3-7-16/h1-11,14H,12-13,15H2,(H,27,29). The summed E-state index contributed by atoms with van der Waals surface area (Å²) < 4.78 is 18.6. The zero-order valence-corrected chi connectivity index (χ0v) is 17.4. The Balaban J connectivity index is 1.38. The van der Waals surface area contributed by atoms with Crippen molar-refractivity contribution in [2.75, 3.05) is 18.5 Å². The monoisotopic (exact) mass is 446 g/mol. The highest BCUT2D eigenvalue weighted by Gasteiger charge is 2.35. The Morgan fingerprint density at radius 2 is 1.58 bits per heavy atom. The highest BCUT2D eigenvalue weighted by atomic mass is 19.1. The smallest absolute Gasteiger partial charge is 0.338 e. The number of fused-ring (bicyclic) bond motifs is 1. The number of imide groups is 1. The molecule has 1 aliphatic rings. The molecule has 1 aliphatic heterocycles. The molecule has 3 amide bonds. The van der Waals surface area contributed by atoms with Gasteiger partial charge >= 0.3 is 5.97 Å². The summed E-state index contributed by atoms with van der Waals surface area (Å²) in [4.78, 5) is 50.9. The molecular formula is C25H19FN2O5. The first-order valence-electron chi connectivity index (χ1n) is 10.2. The fourth-order valence-electron chi connectivity index (χ4n) is 3.47. The van der Waals surface area contributed by atoms with Gasteiger partial charge in [-0.1, -0.05) is 42.5 Å². The maximum atomic E-state index is 13.6. The van der Waals surface area contributed by atoms with Crippen molar-refractivity contribution in [3.8, 4) is 0 Å². The highest BCUT2D eigenvalue weighted by Crippen LogP contribution is 2.25. The maximum absolute atomic E-state index is 13.6. The van der Waals surface area contributed by atoms with E-state index in [-0.39, 0.29) is 28.9 Å². The number of anilines is 1. The molecule has 7 nitrogen and oxygen atoms in total. The number of esters is 1. The molecule has 0 radical (unpaired) electrons. The first kappa shape index (κ1) is 21.9. The Kier molecular flexibility index (Phi) is 6.26. The molecule has 1 N–H and O–H groups in total. The van der Waals surface area contributed by atoms with Crippen LogP contribution in [0.15, 0.2) is 72.8 Å². The zero-order chi connectivity index (χ0) is 23.4. The largest absolute Gasteiger partial charge is 0.452 e. The summed E-state index contributed by atoms with van der Waals surface area (Å²) in [5.41, 5.74) is 1.31. The fraction of sp³-hybridized carbons (Fsp3) is 0.120. The highest BCUT2D eigenvalue weighted by molar-refractivity contribution is 6.22. The number of carbonyl (C=O) groups excluding carboxylic acids is 4. The van der Waals surface area contributed by atoms with Crippen LogP contribution in [-0.2, 0) is 16.0 Å². The van der Waals surface area contributed by atoms with E-state index >= 15 is 0 Å². The third-order valence-corrected chi connectivity index (χ3v) is 5.16. The number of rotatable bonds is 7. The third-order valence-electron chi connectivity index (χ3n) is 5.16. The Morgan fingerprint density at radius 3 is 2.33 bits per heavy atom. The molecule has 0 saturated carbocycles. The summed E-state index contributed by atoms with van der Waals surface area (Å²) >= 11 is 0. The predicted octanol–water partition coefficient (Wildman–Crippen LogP) is 3.46. The van der Waals surface area contributed by atoms with Gasteiger partial charge in [-0.15, -0.1) is 0 Å². The molecule has 166 valence electrons. The Bertz CT molecular complexity index is 1240. The minimum Gasteiger partial charge on any atom is -0.452 e. The van der Waals surface area contributed by atoms with Crippen LogP contribution in [-0.4, -0.2) is 41.7 Å². The van der Waals surface area contributed by atoms with Crippen molar-refractivity contribution in [2.45, 2.75) is 6.42 Å². The van der Waals surface area contributed by atoms with E-state index < -0.39 is 36.1 Å². The number of nitrogens with zero attached hydrogens (tertiary/aromatic N) is 1. The van der Waals surface area contributed by atoms with Gasteiger partial charge in [0.05, 0.1) is 22.4 Å². The van der Waals surface area contributed by atoms with Gasteiger partial charge in [-0.05, 0) is 42.3 Å². The Hall–Kier alpha value is -4.33. The molecule has 8 heteroatoms. The van der Waals surface area contributed by atoms with Crippen LogP contribution < -0.4 is 5.32 Å². The predicted molar refractivity (Wildman–Crippen MR) is 117 cm³/mol. The Morgan fingerprint density at radius 1 is 0.879 bits per heavy atom. The van der Waals surface area contributed by atoms with Crippen molar-refractivity contribution in [3.05, 3.63) is 101 Å². The van der Waals surface area contributed by atoms with Gasteiger partial charge in [0.1, 0.15) is 5.82 Å². The third kappa shape index (κ3) is 4.79. The minimum atomic E-state index is -0.843. The number of benzene rings is 3. The summed E-state index contributed by atoms with van der Waals surface area (Å²) in [6.07, 6.45) is 0.512. The molecule has 3 aromatic carbocycles.